The van der Waals surface area contributed by atoms with Gasteiger partial charge in [-0.25, -0.2) is 4.98 Å². The third-order valence-electron chi connectivity index (χ3n) is 4.17. The van der Waals surface area contributed by atoms with Crippen LogP contribution in [0.1, 0.15) is 11.6 Å². The van der Waals surface area contributed by atoms with E-state index in [2.05, 4.69) is 9.97 Å². The Bertz CT molecular complexity index is 640. The fourth-order valence-electron chi connectivity index (χ4n) is 3.08. The number of rotatable bonds is 2. The molecule has 2 aromatic rings. The number of imidazole rings is 1. The highest BCUT2D eigenvalue weighted by Crippen LogP contribution is 2.36. The lowest BCUT2D eigenvalue weighted by Gasteiger charge is -2.19. The lowest BCUT2D eigenvalue weighted by Crippen LogP contribution is -2.30. The summed E-state index contributed by atoms with van der Waals surface area (Å²) in [5.74, 6) is 0.800. The Morgan fingerprint density at radius 1 is 1.19 bits per heavy atom. The van der Waals surface area contributed by atoms with Gasteiger partial charge >= 0.3 is 0 Å². The van der Waals surface area contributed by atoms with Gasteiger partial charge in [-0.1, -0.05) is 6.07 Å². The van der Waals surface area contributed by atoms with Crippen LogP contribution in [0.3, 0.4) is 0 Å². The average molecular weight is 287 g/mol. The monoisotopic (exact) mass is 287 g/mol. The molecule has 2 aliphatic heterocycles. The molecule has 0 aromatic carbocycles. The van der Waals surface area contributed by atoms with Gasteiger partial charge in [0.25, 0.3) is 0 Å². The molecule has 2 aromatic heterocycles. The maximum atomic E-state index is 9.84. The van der Waals surface area contributed by atoms with Gasteiger partial charge in [-0.3, -0.25) is 4.98 Å². The van der Waals surface area contributed by atoms with Gasteiger partial charge in [0, 0.05) is 18.6 Å². The minimum Gasteiger partial charge on any atom is -0.388 e. The second kappa shape index (κ2) is 4.91. The van der Waals surface area contributed by atoms with E-state index in [9.17, 15) is 5.11 Å². The third kappa shape index (κ3) is 2.07. The van der Waals surface area contributed by atoms with Gasteiger partial charge in [0.1, 0.15) is 24.0 Å². The number of nitrogens with zero attached hydrogens (tertiary/aromatic N) is 3. The molecule has 4 atom stereocenters. The summed E-state index contributed by atoms with van der Waals surface area (Å²) in [7, 11) is 0. The van der Waals surface area contributed by atoms with Crippen molar-refractivity contribution in [1.82, 2.24) is 14.5 Å². The van der Waals surface area contributed by atoms with Crippen LogP contribution in [0, 0.1) is 6.92 Å². The van der Waals surface area contributed by atoms with Crippen LogP contribution < -0.4 is 0 Å². The number of aliphatic hydroxyl groups is 1. The Morgan fingerprint density at radius 3 is 2.86 bits per heavy atom. The first-order chi connectivity index (χ1) is 10.2. The summed E-state index contributed by atoms with van der Waals surface area (Å²) < 4.78 is 13.4. The number of aryl methyl sites for hydroxylation is 1. The summed E-state index contributed by atoms with van der Waals surface area (Å²) in [6.07, 6.45) is 4.61. The number of fused-ring (bicyclic) bond motifs is 1. The topological polar surface area (TPSA) is 69.4 Å². The molecule has 110 valence electrons. The quantitative estimate of drug-likeness (QED) is 0.890. The van der Waals surface area contributed by atoms with Gasteiger partial charge < -0.3 is 19.1 Å². The summed E-state index contributed by atoms with van der Waals surface area (Å²) in [6, 6.07) is 4.00. The molecule has 1 N–H and O–H groups in total. The summed E-state index contributed by atoms with van der Waals surface area (Å²) in [5, 5.41) is 9.84. The highest BCUT2D eigenvalue weighted by Gasteiger charge is 2.48. The van der Waals surface area contributed by atoms with Crippen molar-refractivity contribution in [3.8, 4) is 11.5 Å². The first kappa shape index (κ1) is 12.9. The van der Waals surface area contributed by atoms with E-state index in [1.165, 1.54) is 0 Å². The Kier molecular flexibility index (Phi) is 3.02. The van der Waals surface area contributed by atoms with Crippen LogP contribution in [0.15, 0.2) is 30.7 Å². The van der Waals surface area contributed by atoms with E-state index in [1.807, 2.05) is 36.0 Å². The van der Waals surface area contributed by atoms with Crippen molar-refractivity contribution >= 4 is 0 Å². The van der Waals surface area contributed by atoms with Crippen molar-refractivity contribution in [3.05, 3.63) is 36.3 Å². The zero-order valence-electron chi connectivity index (χ0n) is 11.7. The number of ether oxygens (including phenoxy) is 2. The molecule has 2 aliphatic rings. The maximum absolute atomic E-state index is 9.84. The molecule has 0 unspecified atom stereocenters. The van der Waals surface area contributed by atoms with Crippen molar-refractivity contribution in [1.29, 1.82) is 0 Å². The van der Waals surface area contributed by atoms with Gasteiger partial charge in [-0.2, -0.15) is 0 Å². The first-order valence-electron chi connectivity index (χ1n) is 7.11. The fraction of sp³-hybridized carbons (Fsp3) is 0.467. The minimum absolute atomic E-state index is 0.0211. The Morgan fingerprint density at radius 2 is 2.05 bits per heavy atom. The van der Waals surface area contributed by atoms with Crippen LogP contribution in [0.2, 0.25) is 0 Å². The number of hydrogen-bond donors (Lipinski definition) is 1. The van der Waals surface area contributed by atoms with E-state index in [4.69, 9.17) is 9.47 Å². The van der Waals surface area contributed by atoms with Crippen molar-refractivity contribution in [3.63, 3.8) is 0 Å². The summed E-state index contributed by atoms with van der Waals surface area (Å²) in [6.45, 7) is 2.85. The average Bonchev–Trinajstić information content (AvgIpc) is 3.17. The molecule has 6 nitrogen and oxygen atoms in total. The molecule has 21 heavy (non-hydrogen) atoms. The zero-order chi connectivity index (χ0) is 14.4. The Hall–Kier alpha value is -1.76. The van der Waals surface area contributed by atoms with Crippen LogP contribution >= 0.6 is 0 Å². The number of aromatic nitrogens is 3. The predicted molar refractivity (Wildman–Crippen MR) is 74.7 cm³/mol. The summed E-state index contributed by atoms with van der Waals surface area (Å²) >= 11 is 0. The standard InChI is InChI=1S/C15H17N3O3/c1-9-2-3-10(17-6-9)15-16-4-5-18(15)11-7-20-14-12(19)8-21-13(11)14/h2-6,11-14,19H,7-8H2,1H3/t11-,12+,13+,14+/m0/s1. The summed E-state index contributed by atoms with van der Waals surface area (Å²) in [4.78, 5) is 8.86. The van der Waals surface area contributed by atoms with Crippen LogP contribution in [0.5, 0.6) is 0 Å². The van der Waals surface area contributed by atoms with Crippen LogP contribution in [0.4, 0.5) is 0 Å². The normalized spacial score (nSPS) is 31.5. The van der Waals surface area contributed by atoms with Crippen LogP contribution in [0.25, 0.3) is 11.5 Å². The number of hydrogen-bond acceptors (Lipinski definition) is 5. The molecule has 4 heterocycles. The molecule has 0 amide bonds. The molecular formula is C15H17N3O3. The van der Waals surface area contributed by atoms with Crippen molar-refractivity contribution in [2.45, 2.75) is 31.3 Å². The minimum atomic E-state index is -0.538. The molecule has 0 saturated carbocycles. The SMILES string of the molecule is Cc1ccc(-c2nccn2[C@H]2CO[C@H]3[C@@H]2OC[C@H]3O)nc1. The lowest BCUT2D eigenvalue weighted by molar-refractivity contribution is 0.0172. The smallest absolute Gasteiger partial charge is 0.159 e. The van der Waals surface area contributed by atoms with Gasteiger partial charge in [0.15, 0.2) is 5.82 Å². The molecule has 0 aliphatic carbocycles. The molecule has 0 radical (unpaired) electrons. The fourth-order valence-corrected chi connectivity index (χ4v) is 3.08. The van der Waals surface area contributed by atoms with E-state index < -0.39 is 6.10 Å². The molecule has 2 fully saturated rings. The second-order valence-corrected chi connectivity index (χ2v) is 5.61. The second-order valence-electron chi connectivity index (χ2n) is 5.61. The first-order valence-corrected chi connectivity index (χ1v) is 7.11. The number of aliphatic hydroxyl groups excluding tert-OH is 1. The van der Waals surface area contributed by atoms with E-state index >= 15 is 0 Å². The van der Waals surface area contributed by atoms with Crippen molar-refractivity contribution in [2.24, 2.45) is 0 Å². The van der Waals surface area contributed by atoms with Gasteiger partial charge in [0.05, 0.1) is 19.3 Å². The van der Waals surface area contributed by atoms with E-state index in [-0.39, 0.29) is 18.2 Å². The molecule has 4 rings (SSSR count). The number of pyridine rings is 1. The summed E-state index contributed by atoms with van der Waals surface area (Å²) in [5.41, 5.74) is 1.94. The van der Waals surface area contributed by atoms with E-state index in [0.29, 0.717) is 13.2 Å². The van der Waals surface area contributed by atoms with Crippen LogP contribution in [-0.2, 0) is 9.47 Å². The lowest BCUT2D eigenvalue weighted by atomic mass is 10.1. The highest BCUT2D eigenvalue weighted by atomic mass is 16.6. The largest absolute Gasteiger partial charge is 0.388 e. The van der Waals surface area contributed by atoms with Gasteiger partial charge in [0.2, 0.25) is 0 Å². The third-order valence-corrected chi connectivity index (χ3v) is 4.17. The van der Waals surface area contributed by atoms with Crippen molar-refractivity contribution < 1.29 is 14.6 Å². The Labute approximate surface area is 122 Å². The maximum Gasteiger partial charge on any atom is 0.159 e. The van der Waals surface area contributed by atoms with E-state index in [1.54, 1.807) is 6.20 Å². The van der Waals surface area contributed by atoms with Gasteiger partial charge in [-0.05, 0) is 18.6 Å². The van der Waals surface area contributed by atoms with Crippen molar-refractivity contribution in [2.75, 3.05) is 13.2 Å². The molecule has 6 heteroatoms. The predicted octanol–water partition coefficient (Wildman–Crippen LogP) is 0.953. The molecule has 2 saturated heterocycles. The molecule has 0 bridgehead atoms. The molecular weight excluding hydrogens is 270 g/mol. The highest BCUT2D eigenvalue weighted by molar-refractivity contribution is 5.50. The zero-order valence-corrected chi connectivity index (χ0v) is 11.7. The Balaban J connectivity index is 1.68. The van der Waals surface area contributed by atoms with Gasteiger partial charge in [-0.15, -0.1) is 0 Å². The molecule has 0 spiro atoms. The van der Waals surface area contributed by atoms with Crippen LogP contribution in [-0.4, -0.2) is 51.2 Å². The van der Waals surface area contributed by atoms with E-state index in [0.717, 1.165) is 17.1 Å².